The monoisotopic (exact) mass is 212 g/mol. The summed E-state index contributed by atoms with van der Waals surface area (Å²) in [4.78, 5) is 6.91. The molecule has 76 valence electrons. The van der Waals surface area contributed by atoms with Crippen molar-refractivity contribution >= 4 is 22.4 Å². The van der Waals surface area contributed by atoms with Crippen LogP contribution in [0.1, 0.15) is 0 Å². The summed E-state index contributed by atoms with van der Waals surface area (Å²) in [6.45, 7) is 0. The molecule has 0 amide bonds. The molecular weight excluding hydrogens is 208 g/mol. The summed E-state index contributed by atoms with van der Waals surface area (Å²) in [5, 5.41) is 14.7. The third-order valence-electron chi connectivity index (χ3n) is 2.16. The summed E-state index contributed by atoms with van der Waals surface area (Å²) in [6, 6.07) is 5.12. The topological polar surface area (TPSA) is 105 Å². The second kappa shape index (κ2) is 3.14. The smallest absolute Gasteiger partial charge is 0.198 e. The molecule has 3 rings (SSSR count). The van der Waals surface area contributed by atoms with Gasteiger partial charge in [0.05, 0.1) is 17.2 Å². The van der Waals surface area contributed by atoms with Gasteiger partial charge in [0.15, 0.2) is 5.65 Å². The molecule has 0 N–H and O–H groups in total. The highest BCUT2D eigenvalue weighted by Crippen LogP contribution is 2.19. The molecule has 2 heterocycles. The van der Waals surface area contributed by atoms with Crippen LogP contribution in [0, 0.1) is 0 Å². The summed E-state index contributed by atoms with van der Waals surface area (Å²) in [5.74, 6) is 0. The lowest BCUT2D eigenvalue weighted by Gasteiger charge is -1.99. The van der Waals surface area contributed by atoms with E-state index in [4.69, 9.17) is 5.53 Å². The molecule has 0 saturated carbocycles. The molecule has 0 spiro atoms. The normalized spacial score (nSPS) is 10.5. The third kappa shape index (κ3) is 1.14. The van der Waals surface area contributed by atoms with E-state index in [1.165, 1.54) is 0 Å². The Balaban J connectivity index is 2.45. The highest BCUT2D eigenvalue weighted by atomic mass is 15.5. The van der Waals surface area contributed by atoms with Gasteiger partial charge in [-0.1, -0.05) is 11.2 Å². The van der Waals surface area contributed by atoms with E-state index in [1.807, 2.05) is 0 Å². The molecule has 0 bridgehead atoms. The van der Waals surface area contributed by atoms with Crippen LogP contribution in [0.25, 0.3) is 27.1 Å². The van der Waals surface area contributed by atoms with Crippen LogP contribution in [-0.2, 0) is 0 Å². The van der Waals surface area contributed by atoms with Crippen LogP contribution in [0.2, 0.25) is 0 Å². The van der Waals surface area contributed by atoms with Gasteiger partial charge in [-0.15, -0.1) is 5.10 Å². The molecule has 0 aliphatic heterocycles. The molecule has 16 heavy (non-hydrogen) atoms. The fraction of sp³-hybridized carbons (Fsp3) is 0. The quantitative estimate of drug-likeness (QED) is 0.347. The van der Waals surface area contributed by atoms with Crippen LogP contribution >= 0.6 is 0 Å². The molecule has 0 atom stereocenters. The van der Waals surface area contributed by atoms with Gasteiger partial charge in [-0.25, -0.2) is 0 Å². The predicted molar refractivity (Wildman–Crippen MR) is 54.9 cm³/mol. The van der Waals surface area contributed by atoms with Gasteiger partial charge in [-0.05, 0) is 28.1 Å². The SMILES string of the molecule is [N-]=[N+]=Nc1ccc2ncc3nnnn3c2c1. The molecular formula is C8H4N8. The van der Waals surface area contributed by atoms with Gasteiger partial charge in [0, 0.05) is 10.6 Å². The van der Waals surface area contributed by atoms with E-state index < -0.39 is 0 Å². The van der Waals surface area contributed by atoms with E-state index in [2.05, 4.69) is 30.5 Å². The van der Waals surface area contributed by atoms with Crippen LogP contribution in [0.4, 0.5) is 5.69 Å². The van der Waals surface area contributed by atoms with Crippen LogP contribution in [0.15, 0.2) is 29.5 Å². The van der Waals surface area contributed by atoms with Gasteiger partial charge in [-0.3, -0.25) is 4.98 Å². The highest BCUT2D eigenvalue weighted by molar-refractivity contribution is 5.79. The minimum absolute atomic E-state index is 0.500. The Hall–Kier alpha value is -2.73. The summed E-state index contributed by atoms with van der Waals surface area (Å²) in [7, 11) is 0. The fourth-order valence-electron chi connectivity index (χ4n) is 1.48. The van der Waals surface area contributed by atoms with Gasteiger partial charge >= 0.3 is 0 Å². The molecule has 0 aliphatic carbocycles. The van der Waals surface area contributed by atoms with E-state index in [-0.39, 0.29) is 0 Å². The second-order valence-electron chi connectivity index (χ2n) is 3.07. The molecule has 2 aromatic heterocycles. The lowest BCUT2D eigenvalue weighted by atomic mass is 10.2. The zero-order chi connectivity index (χ0) is 11.0. The van der Waals surface area contributed by atoms with Crippen molar-refractivity contribution in [1.82, 2.24) is 25.0 Å². The number of aromatic nitrogens is 5. The van der Waals surface area contributed by atoms with E-state index >= 15 is 0 Å². The standard InChI is InChI=1S/C8H4N8/c9-13-11-5-1-2-6-7(3-5)16-8(4-10-6)12-14-15-16/h1-4H. The van der Waals surface area contributed by atoms with E-state index in [9.17, 15) is 0 Å². The van der Waals surface area contributed by atoms with Gasteiger partial charge in [0.2, 0.25) is 0 Å². The van der Waals surface area contributed by atoms with Gasteiger partial charge < -0.3 is 0 Å². The van der Waals surface area contributed by atoms with Crippen molar-refractivity contribution in [3.05, 3.63) is 34.8 Å². The molecule has 3 aromatic rings. The maximum Gasteiger partial charge on any atom is 0.198 e. The molecule has 8 nitrogen and oxygen atoms in total. The molecule has 0 unspecified atom stereocenters. The first-order valence-corrected chi connectivity index (χ1v) is 4.40. The van der Waals surface area contributed by atoms with E-state index in [0.717, 1.165) is 5.52 Å². The Bertz CT molecular complexity index is 723. The summed E-state index contributed by atoms with van der Waals surface area (Å²) in [5.41, 5.74) is 10.8. The van der Waals surface area contributed by atoms with Crippen molar-refractivity contribution in [2.75, 3.05) is 0 Å². The maximum atomic E-state index is 8.36. The Kier molecular flexibility index (Phi) is 1.68. The van der Waals surface area contributed by atoms with Crippen LogP contribution in [0.3, 0.4) is 0 Å². The average Bonchev–Trinajstić information content (AvgIpc) is 2.78. The number of rotatable bonds is 1. The number of fused-ring (bicyclic) bond motifs is 3. The van der Waals surface area contributed by atoms with Crippen molar-refractivity contribution in [3.8, 4) is 0 Å². The first-order chi connectivity index (χ1) is 7.88. The van der Waals surface area contributed by atoms with Crippen molar-refractivity contribution in [2.45, 2.75) is 0 Å². The Morgan fingerprint density at radius 3 is 3.19 bits per heavy atom. The Morgan fingerprint density at radius 1 is 1.38 bits per heavy atom. The Morgan fingerprint density at radius 2 is 2.31 bits per heavy atom. The lowest BCUT2D eigenvalue weighted by Crippen LogP contribution is -1.92. The summed E-state index contributed by atoms with van der Waals surface area (Å²) < 4.78 is 1.54. The zero-order valence-electron chi connectivity index (χ0n) is 7.89. The van der Waals surface area contributed by atoms with E-state index in [1.54, 1.807) is 28.9 Å². The van der Waals surface area contributed by atoms with Crippen molar-refractivity contribution in [2.24, 2.45) is 5.11 Å². The van der Waals surface area contributed by atoms with E-state index in [0.29, 0.717) is 16.9 Å². The predicted octanol–water partition coefficient (Wildman–Crippen LogP) is 1.61. The molecule has 1 aromatic carbocycles. The fourth-order valence-corrected chi connectivity index (χ4v) is 1.48. The minimum Gasteiger partial charge on any atom is -0.251 e. The number of benzene rings is 1. The van der Waals surface area contributed by atoms with Gasteiger partial charge in [0.1, 0.15) is 0 Å². The maximum absolute atomic E-state index is 8.36. The largest absolute Gasteiger partial charge is 0.251 e. The lowest BCUT2D eigenvalue weighted by molar-refractivity contribution is 0.840. The minimum atomic E-state index is 0.500. The number of nitrogens with zero attached hydrogens (tertiary/aromatic N) is 8. The number of tetrazole rings is 1. The van der Waals surface area contributed by atoms with Gasteiger partial charge in [0.25, 0.3) is 0 Å². The highest BCUT2D eigenvalue weighted by Gasteiger charge is 2.04. The average molecular weight is 212 g/mol. The zero-order valence-corrected chi connectivity index (χ0v) is 7.89. The van der Waals surface area contributed by atoms with Crippen LogP contribution in [-0.4, -0.2) is 25.0 Å². The second-order valence-corrected chi connectivity index (χ2v) is 3.07. The van der Waals surface area contributed by atoms with Crippen LogP contribution < -0.4 is 0 Å². The van der Waals surface area contributed by atoms with Crippen molar-refractivity contribution < 1.29 is 0 Å². The van der Waals surface area contributed by atoms with Gasteiger partial charge in [-0.2, -0.15) is 4.52 Å². The number of hydrogen-bond acceptors (Lipinski definition) is 5. The number of azide groups is 1. The molecule has 0 fully saturated rings. The molecule has 0 saturated heterocycles. The first kappa shape index (κ1) is 8.57. The summed E-state index contributed by atoms with van der Waals surface area (Å²) >= 11 is 0. The van der Waals surface area contributed by atoms with Crippen molar-refractivity contribution in [1.29, 1.82) is 0 Å². The summed E-state index contributed by atoms with van der Waals surface area (Å²) in [6.07, 6.45) is 1.58. The number of hydrogen-bond donors (Lipinski definition) is 0. The van der Waals surface area contributed by atoms with Crippen molar-refractivity contribution in [3.63, 3.8) is 0 Å². The van der Waals surface area contributed by atoms with Crippen LogP contribution in [0.5, 0.6) is 0 Å². The molecule has 8 heteroatoms. The first-order valence-electron chi connectivity index (χ1n) is 4.40. The molecule has 0 aliphatic rings. The Labute approximate surface area is 88.1 Å². The third-order valence-corrected chi connectivity index (χ3v) is 2.16. The molecule has 0 radical (unpaired) electrons.